The first-order valence-electron chi connectivity index (χ1n) is 10.1. The molecule has 7 atom stereocenters. The van der Waals surface area contributed by atoms with Crippen molar-refractivity contribution in [3.63, 3.8) is 0 Å². The van der Waals surface area contributed by atoms with Gasteiger partial charge in [-0.2, -0.15) is 0 Å². The molecule has 4 rings (SSSR count). The Labute approximate surface area is 141 Å². The second-order valence-electron chi connectivity index (χ2n) is 9.55. The summed E-state index contributed by atoms with van der Waals surface area (Å²) in [7, 11) is 0. The fraction of sp³-hybridized carbons (Fsp3) is 0.905. The second-order valence-corrected chi connectivity index (χ2v) is 9.55. The molecule has 0 aliphatic heterocycles. The van der Waals surface area contributed by atoms with Gasteiger partial charge in [-0.15, -0.1) is 0 Å². The van der Waals surface area contributed by atoms with Gasteiger partial charge in [0.2, 0.25) is 0 Å². The SMILES string of the molecule is C[C@]12CC[C@H]3[C@@H](CC=C4C[C@@H](O)CC[C@@]43C)[C@@H]1CC[C@@H]2CCN. The molecule has 0 heterocycles. The summed E-state index contributed by atoms with van der Waals surface area (Å²) in [4.78, 5) is 0. The largest absolute Gasteiger partial charge is 0.393 e. The number of nitrogens with two attached hydrogens (primary N) is 1. The van der Waals surface area contributed by atoms with Gasteiger partial charge in [0, 0.05) is 0 Å². The van der Waals surface area contributed by atoms with Crippen LogP contribution < -0.4 is 5.73 Å². The normalized spacial score (nSPS) is 52.3. The minimum absolute atomic E-state index is 0.0832. The van der Waals surface area contributed by atoms with E-state index in [2.05, 4.69) is 19.9 Å². The molecule has 2 nitrogen and oxygen atoms in total. The second kappa shape index (κ2) is 5.59. The fourth-order valence-electron chi connectivity index (χ4n) is 7.43. The molecule has 0 spiro atoms. The Bertz CT molecular complexity index is 500. The quantitative estimate of drug-likeness (QED) is 0.747. The lowest BCUT2D eigenvalue weighted by molar-refractivity contribution is -0.0503. The molecule has 130 valence electrons. The van der Waals surface area contributed by atoms with Crippen molar-refractivity contribution in [1.29, 1.82) is 0 Å². The van der Waals surface area contributed by atoms with Crippen LogP contribution in [0.5, 0.6) is 0 Å². The Morgan fingerprint density at radius 2 is 1.96 bits per heavy atom. The fourth-order valence-corrected chi connectivity index (χ4v) is 7.43. The van der Waals surface area contributed by atoms with Crippen LogP contribution in [0.1, 0.15) is 71.6 Å². The van der Waals surface area contributed by atoms with Crippen LogP contribution >= 0.6 is 0 Å². The van der Waals surface area contributed by atoms with E-state index in [9.17, 15) is 5.11 Å². The first kappa shape index (κ1) is 16.1. The molecule has 0 saturated heterocycles. The van der Waals surface area contributed by atoms with Crippen LogP contribution in [0.4, 0.5) is 0 Å². The van der Waals surface area contributed by atoms with Crippen LogP contribution in [0.15, 0.2) is 11.6 Å². The van der Waals surface area contributed by atoms with E-state index in [1.165, 1.54) is 44.9 Å². The van der Waals surface area contributed by atoms with Gasteiger partial charge >= 0.3 is 0 Å². The summed E-state index contributed by atoms with van der Waals surface area (Å²) in [6, 6.07) is 0. The summed E-state index contributed by atoms with van der Waals surface area (Å²) in [6.07, 6.45) is 13.8. The van der Waals surface area contributed by atoms with Gasteiger partial charge in [0.25, 0.3) is 0 Å². The molecular formula is C21H35NO. The topological polar surface area (TPSA) is 46.2 Å². The number of allylic oxidation sites excluding steroid dienone is 1. The van der Waals surface area contributed by atoms with Crippen LogP contribution in [0.25, 0.3) is 0 Å². The highest BCUT2D eigenvalue weighted by Gasteiger charge is 2.58. The van der Waals surface area contributed by atoms with Gasteiger partial charge in [0.05, 0.1) is 6.10 Å². The van der Waals surface area contributed by atoms with Crippen molar-refractivity contribution in [3.05, 3.63) is 11.6 Å². The molecule has 0 aromatic heterocycles. The first-order chi connectivity index (χ1) is 11.0. The number of aliphatic hydroxyl groups is 1. The Balaban J connectivity index is 1.62. The van der Waals surface area contributed by atoms with Gasteiger partial charge in [-0.05, 0) is 98.8 Å². The van der Waals surface area contributed by atoms with Crippen molar-refractivity contribution < 1.29 is 5.11 Å². The predicted octanol–water partition coefficient (Wildman–Crippen LogP) is 4.28. The van der Waals surface area contributed by atoms with E-state index in [4.69, 9.17) is 5.73 Å². The van der Waals surface area contributed by atoms with E-state index in [0.29, 0.717) is 10.8 Å². The lowest BCUT2D eigenvalue weighted by atomic mass is 9.47. The molecule has 3 saturated carbocycles. The van der Waals surface area contributed by atoms with Crippen molar-refractivity contribution >= 4 is 0 Å². The Hall–Kier alpha value is -0.340. The van der Waals surface area contributed by atoms with E-state index < -0.39 is 0 Å². The lowest BCUT2D eigenvalue weighted by Gasteiger charge is -2.58. The number of fused-ring (bicyclic) bond motifs is 5. The van der Waals surface area contributed by atoms with E-state index in [-0.39, 0.29) is 6.10 Å². The van der Waals surface area contributed by atoms with Crippen LogP contribution in [0.3, 0.4) is 0 Å². The molecule has 2 heteroatoms. The van der Waals surface area contributed by atoms with Gasteiger partial charge < -0.3 is 10.8 Å². The van der Waals surface area contributed by atoms with Crippen molar-refractivity contribution in [3.8, 4) is 0 Å². The smallest absolute Gasteiger partial charge is 0.0577 e. The summed E-state index contributed by atoms with van der Waals surface area (Å²) in [5, 5.41) is 10.1. The Morgan fingerprint density at radius 3 is 2.74 bits per heavy atom. The third kappa shape index (κ3) is 2.28. The molecule has 23 heavy (non-hydrogen) atoms. The molecule has 3 fully saturated rings. The van der Waals surface area contributed by atoms with E-state index >= 15 is 0 Å². The number of aliphatic hydroxyl groups excluding tert-OH is 1. The van der Waals surface area contributed by atoms with E-state index in [1.807, 2.05) is 0 Å². The van der Waals surface area contributed by atoms with Crippen LogP contribution in [-0.2, 0) is 0 Å². The van der Waals surface area contributed by atoms with E-state index in [0.717, 1.165) is 43.1 Å². The van der Waals surface area contributed by atoms with Gasteiger partial charge in [0.1, 0.15) is 0 Å². The predicted molar refractivity (Wildman–Crippen MR) is 94.9 cm³/mol. The third-order valence-corrected chi connectivity index (χ3v) is 8.79. The van der Waals surface area contributed by atoms with Gasteiger partial charge in [0.15, 0.2) is 0 Å². The number of hydrogen-bond acceptors (Lipinski definition) is 2. The molecule has 0 amide bonds. The highest BCUT2D eigenvalue weighted by atomic mass is 16.3. The maximum atomic E-state index is 10.1. The summed E-state index contributed by atoms with van der Waals surface area (Å²) >= 11 is 0. The highest BCUT2D eigenvalue weighted by molar-refractivity contribution is 5.25. The van der Waals surface area contributed by atoms with Crippen molar-refractivity contribution in [2.75, 3.05) is 6.54 Å². The summed E-state index contributed by atoms with van der Waals surface area (Å²) in [5.41, 5.74) is 8.44. The third-order valence-electron chi connectivity index (χ3n) is 8.79. The summed E-state index contributed by atoms with van der Waals surface area (Å²) < 4.78 is 0. The zero-order valence-corrected chi connectivity index (χ0v) is 15.1. The Kier molecular flexibility index (Phi) is 3.93. The summed E-state index contributed by atoms with van der Waals surface area (Å²) in [6.45, 7) is 5.98. The molecule has 4 aliphatic rings. The van der Waals surface area contributed by atoms with Crippen molar-refractivity contribution in [1.82, 2.24) is 0 Å². The molecule has 3 N–H and O–H groups in total. The minimum atomic E-state index is -0.0832. The van der Waals surface area contributed by atoms with Gasteiger partial charge in [-0.25, -0.2) is 0 Å². The van der Waals surface area contributed by atoms with Crippen LogP contribution in [0, 0.1) is 34.5 Å². The maximum absolute atomic E-state index is 10.1. The average Bonchev–Trinajstić information content (AvgIpc) is 2.85. The lowest BCUT2D eigenvalue weighted by Crippen LogP contribution is -2.50. The molecule has 0 bridgehead atoms. The van der Waals surface area contributed by atoms with Gasteiger partial charge in [-0.3, -0.25) is 0 Å². The average molecular weight is 318 g/mol. The van der Waals surface area contributed by atoms with E-state index in [1.54, 1.807) is 5.57 Å². The van der Waals surface area contributed by atoms with Gasteiger partial charge in [-0.1, -0.05) is 25.5 Å². The van der Waals surface area contributed by atoms with Crippen LogP contribution in [-0.4, -0.2) is 17.8 Å². The molecular weight excluding hydrogens is 282 g/mol. The first-order valence-corrected chi connectivity index (χ1v) is 10.1. The maximum Gasteiger partial charge on any atom is 0.0577 e. The van der Waals surface area contributed by atoms with Crippen molar-refractivity contribution in [2.24, 2.45) is 40.2 Å². The molecule has 0 aromatic rings. The zero-order chi connectivity index (χ0) is 16.2. The summed E-state index contributed by atoms with van der Waals surface area (Å²) in [5.74, 6) is 3.54. The van der Waals surface area contributed by atoms with Crippen LogP contribution in [0.2, 0.25) is 0 Å². The highest BCUT2D eigenvalue weighted by Crippen LogP contribution is 2.66. The monoisotopic (exact) mass is 317 g/mol. The standard InChI is InChI=1S/C21H35NO/c1-20-11-8-19-17(18(20)6-4-14(20)9-12-22)5-3-15-13-16(23)7-10-21(15,19)2/h3,14,16-19,23H,4-13,22H2,1-2H3/t14-,16+,17+,18+,19+,20-,21+/m1/s1. The zero-order valence-electron chi connectivity index (χ0n) is 15.1. The molecule has 4 aliphatic carbocycles. The molecule has 0 radical (unpaired) electrons. The molecule has 0 unspecified atom stereocenters. The molecule has 0 aromatic carbocycles. The van der Waals surface area contributed by atoms with Crippen molar-refractivity contribution in [2.45, 2.75) is 77.7 Å². The Morgan fingerprint density at radius 1 is 1.13 bits per heavy atom. The number of rotatable bonds is 2. The number of hydrogen-bond donors (Lipinski definition) is 2. The minimum Gasteiger partial charge on any atom is -0.393 e.